The molecular weight excluding hydrogens is 319 g/mol. The number of hydrogen-bond acceptors (Lipinski definition) is 3. The lowest BCUT2D eigenvalue weighted by molar-refractivity contribution is 0.268. The Morgan fingerprint density at radius 2 is 1.62 bits per heavy atom. The molecule has 2 rings (SSSR count). The first-order valence-electron chi connectivity index (χ1n) is 8.53. The van der Waals surface area contributed by atoms with Crippen LogP contribution in [-0.4, -0.2) is 19.4 Å². The summed E-state index contributed by atoms with van der Waals surface area (Å²) in [6.45, 7) is 8.21. The summed E-state index contributed by atoms with van der Waals surface area (Å²) < 4.78 is 17.4. The molecule has 0 aromatic heterocycles. The normalized spacial score (nSPS) is 12.3. The first-order chi connectivity index (χ1) is 11.7. The lowest BCUT2D eigenvalue weighted by Gasteiger charge is -2.20. The second-order valence-corrected chi connectivity index (χ2v) is 7.15. The molecule has 1 atom stereocenters. The van der Waals surface area contributed by atoms with Crippen molar-refractivity contribution in [1.82, 2.24) is 0 Å². The molecular formula is C20H27O3P. The van der Waals surface area contributed by atoms with Crippen LogP contribution in [0.5, 0.6) is 5.75 Å². The van der Waals surface area contributed by atoms with Crippen LogP contribution >= 0.6 is 8.38 Å². The van der Waals surface area contributed by atoms with Crippen molar-refractivity contribution >= 4 is 8.38 Å². The Morgan fingerprint density at radius 3 is 2.29 bits per heavy atom. The molecule has 0 N–H and O–H groups in total. The predicted octanol–water partition coefficient (Wildman–Crippen LogP) is 5.75. The van der Waals surface area contributed by atoms with Crippen molar-refractivity contribution in [2.75, 3.05) is 19.4 Å². The second kappa shape index (κ2) is 10.5. The minimum Gasteiger partial charge on any atom is -0.489 e. The van der Waals surface area contributed by atoms with Crippen molar-refractivity contribution in [3.63, 3.8) is 0 Å². The molecule has 0 radical (unpaired) electrons. The maximum Gasteiger partial charge on any atom is 0.171 e. The first kappa shape index (κ1) is 18.9. The molecule has 2 aromatic rings. The van der Waals surface area contributed by atoms with Gasteiger partial charge in [0.25, 0.3) is 0 Å². The summed E-state index contributed by atoms with van der Waals surface area (Å²) >= 11 is 0. The van der Waals surface area contributed by atoms with E-state index in [9.17, 15) is 0 Å². The van der Waals surface area contributed by atoms with Crippen LogP contribution in [0.4, 0.5) is 0 Å². The van der Waals surface area contributed by atoms with Gasteiger partial charge in [-0.25, -0.2) is 0 Å². The van der Waals surface area contributed by atoms with Crippen molar-refractivity contribution < 1.29 is 13.8 Å². The fourth-order valence-electron chi connectivity index (χ4n) is 2.41. The van der Waals surface area contributed by atoms with E-state index in [1.54, 1.807) is 0 Å². The molecule has 0 fully saturated rings. The van der Waals surface area contributed by atoms with Crippen LogP contribution in [0.25, 0.3) is 0 Å². The van der Waals surface area contributed by atoms with Crippen LogP contribution in [0.2, 0.25) is 0 Å². The van der Waals surface area contributed by atoms with Gasteiger partial charge in [-0.3, -0.25) is 0 Å². The summed E-state index contributed by atoms with van der Waals surface area (Å²) in [4.78, 5) is 0. The zero-order valence-corrected chi connectivity index (χ0v) is 15.7. The Balaban J connectivity index is 1.95. The lowest BCUT2D eigenvalue weighted by Crippen LogP contribution is -2.04. The van der Waals surface area contributed by atoms with E-state index in [0.29, 0.717) is 25.7 Å². The van der Waals surface area contributed by atoms with Gasteiger partial charge in [0.1, 0.15) is 12.4 Å². The minimum atomic E-state index is -0.818. The first-order valence-corrected chi connectivity index (χ1v) is 9.89. The van der Waals surface area contributed by atoms with E-state index in [-0.39, 0.29) is 0 Å². The maximum atomic E-state index is 5.93. The standard InChI is InChI=1S/C20H27O3P/c1-4-22-24(23-5-2)16-17(3)19-12-9-13-20(14-19)21-15-18-10-7-6-8-11-18/h6-14,17H,4-5,15-16H2,1-3H3. The highest BCUT2D eigenvalue weighted by atomic mass is 31.2. The molecule has 0 spiro atoms. The molecule has 0 aliphatic rings. The van der Waals surface area contributed by atoms with E-state index < -0.39 is 8.38 Å². The molecule has 0 bridgehead atoms. The average Bonchev–Trinajstić information content (AvgIpc) is 2.61. The van der Waals surface area contributed by atoms with E-state index in [1.807, 2.05) is 38.1 Å². The van der Waals surface area contributed by atoms with Gasteiger partial charge in [-0.05, 0) is 43.0 Å². The number of hydrogen-bond donors (Lipinski definition) is 0. The molecule has 130 valence electrons. The van der Waals surface area contributed by atoms with Gasteiger partial charge >= 0.3 is 0 Å². The SMILES string of the molecule is CCOP(CC(C)c1cccc(OCc2ccccc2)c1)OCC. The van der Waals surface area contributed by atoms with Crippen LogP contribution in [-0.2, 0) is 15.7 Å². The third-order valence-electron chi connectivity index (χ3n) is 3.64. The van der Waals surface area contributed by atoms with E-state index >= 15 is 0 Å². The molecule has 2 aromatic carbocycles. The Labute approximate surface area is 146 Å². The van der Waals surface area contributed by atoms with Crippen molar-refractivity contribution in [3.05, 3.63) is 65.7 Å². The van der Waals surface area contributed by atoms with Gasteiger partial charge in [-0.2, -0.15) is 0 Å². The third kappa shape index (κ3) is 6.24. The smallest absolute Gasteiger partial charge is 0.171 e. The quantitative estimate of drug-likeness (QED) is 0.512. The summed E-state index contributed by atoms with van der Waals surface area (Å²) in [6, 6.07) is 18.5. The second-order valence-electron chi connectivity index (χ2n) is 5.60. The molecule has 0 aliphatic carbocycles. The van der Waals surface area contributed by atoms with Gasteiger partial charge in [-0.1, -0.05) is 49.4 Å². The van der Waals surface area contributed by atoms with Gasteiger partial charge in [-0.15, -0.1) is 0 Å². The fraction of sp³-hybridized carbons (Fsp3) is 0.400. The fourth-order valence-corrected chi connectivity index (χ4v) is 3.93. The minimum absolute atomic E-state index is 0.370. The highest BCUT2D eigenvalue weighted by Gasteiger charge is 2.16. The van der Waals surface area contributed by atoms with Crippen molar-refractivity contribution in [1.29, 1.82) is 0 Å². The predicted molar refractivity (Wildman–Crippen MR) is 101 cm³/mol. The number of ether oxygens (including phenoxy) is 1. The van der Waals surface area contributed by atoms with Crippen molar-refractivity contribution in [2.45, 2.75) is 33.3 Å². The topological polar surface area (TPSA) is 27.7 Å². The zero-order valence-electron chi connectivity index (χ0n) is 14.8. The number of rotatable bonds is 10. The third-order valence-corrected chi connectivity index (χ3v) is 5.58. The van der Waals surface area contributed by atoms with Crippen LogP contribution in [0.3, 0.4) is 0 Å². The molecule has 0 heterocycles. The van der Waals surface area contributed by atoms with E-state index in [2.05, 4.69) is 37.3 Å². The van der Waals surface area contributed by atoms with Gasteiger partial charge < -0.3 is 13.8 Å². The van der Waals surface area contributed by atoms with E-state index in [1.165, 1.54) is 11.1 Å². The molecule has 0 saturated carbocycles. The Hall–Kier alpha value is -1.41. The average molecular weight is 346 g/mol. The molecule has 0 amide bonds. The zero-order chi connectivity index (χ0) is 17.2. The molecule has 0 aliphatic heterocycles. The van der Waals surface area contributed by atoms with Crippen LogP contribution < -0.4 is 4.74 Å². The van der Waals surface area contributed by atoms with Crippen molar-refractivity contribution in [3.8, 4) is 5.75 Å². The molecule has 24 heavy (non-hydrogen) atoms. The van der Waals surface area contributed by atoms with E-state index in [4.69, 9.17) is 13.8 Å². The van der Waals surface area contributed by atoms with Crippen LogP contribution in [0.15, 0.2) is 54.6 Å². The maximum absolute atomic E-state index is 5.93. The van der Waals surface area contributed by atoms with E-state index in [0.717, 1.165) is 11.9 Å². The number of benzene rings is 2. The van der Waals surface area contributed by atoms with Gasteiger partial charge in [0.15, 0.2) is 8.38 Å². The highest BCUT2D eigenvalue weighted by Crippen LogP contribution is 2.42. The summed E-state index contributed by atoms with van der Waals surface area (Å²) in [5.74, 6) is 1.27. The molecule has 3 nitrogen and oxygen atoms in total. The Bertz CT molecular complexity index is 582. The van der Waals surface area contributed by atoms with Crippen molar-refractivity contribution in [2.24, 2.45) is 0 Å². The molecule has 4 heteroatoms. The molecule has 1 unspecified atom stereocenters. The van der Waals surface area contributed by atoms with Gasteiger partial charge in [0.2, 0.25) is 0 Å². The van der Waals surface area contributed by atoms with Gasteiger partial charge in [0.05, 0.1) is 13.2 Å². The highest BCUT2D eigenvalue weighted by molar-refractivity contribution is 7.47. The molecule has 0 saturated heterocycles. The Morgan fingerprint density at radius 1 is 0.917 bits per heavy atom. The monoisotopic (exact) mass is 346 g/mol. The van der Waals surface area contributed by atoms with Crippen LogP contribution in [0.1, 0.15) is 37.8 Å². The summed E-state index contributed by atoms with van der Waals surface area (Å²) in [7, 11) is -0.818. The Kier molecular flexibility index (Phi) is 8.24. The summed E-state index contributed by atoms with van der Waals surface area (Å²) in [5.41, 5.74) is 2.43. The largest absolute Gasteiger partial charge is 0.489 e. The lowest BCUT2D eigenvalue weighted by atomic mass is 10.0. The van der Waals surface area contributed by atoms with Gasteiger partial charge in [0, 0.05) is 6.16 Å². The summed E-state index contributed by atoms with van der Waals surface area (Å²) in [5, 5.41) is 0. The summed E-state index contributed by atoms with van der Waals surface area (Å²) in [6.07, 6.45) is 0.902. The van der Waals surface area contributed by atoms with Crippen LogP contribution in [0, 0.1) is 0 Å².